The molecule has 3 aromatic carbocycles. The second-order valence-electron chi connectivity index (χ2n) is 6.25. The molecule has 3 aromatic rings. The third-order valence-corrected chi connectivity index (χ3v) is 5.16. The van der Waals surface area contributed by atoms with E-state index in [2.05, 4.69) is 21.2 Å². The van der Waals surface area contributed by atoms with E-state index in [0.717, 1.165) is 5.56 Å². The van der Waals surface area contributed by atoms with Gasteiger partial charge < -0.3 is 10.1 Å². The summed E-state index contributed by atoms with van der Waals surface area (Å²) in [5.41, 5.74) is 0.464. The Bertz CT molecular complexity index is 916. The minimum absolute atomic E-state index is 0.128. The molecule has 0 aliphatic heterocycles. The summed E-state index contributed by atoms with van der Waals surface area (Å²) < 4.78 is 5.81. The van der Waals surface area contributed by atoms with Gasteiger partial charge in [0, 0.05) is 12.1 Å². The number of rotatable bonds is 7. The third kappa shape index (κ3) is 4.49. The van der Waals surface area contributed by atoms with Crippen LogP contribution < -0.4 is 5.32 Å². The number of ether oxygens (including phenoxy) is 1. The molecule has 1 atom stereocenters. The highest BCUT2D eigenvalue weighted by atomic mass is 79.9. The lowest BCUT2D eigenvalue weighted by Gasteiger charge is -2.31. The zero-order valence-electron chi connectivity index (χ0n) is 15.2. The Labute approximate surface area is 172 Å². The van der Waals surface area contributed by atoms with Gasteiger partial charge in [0.15, 0.2) is 0 Å². The van der Waals surface area contributed by atoms with Crippen LogP contribution in [0, 0.1) is 0 Å². The molecule has 0 aromatic heterocycles. The molecule has 0 spiro atoms. The lowest BCUT2D eigenvalue weighted by Crippen LogP contribution is -2.49. The molecule has 1 N–H and O–H groups in total. The standard InChI is InChI=1S/C23H20BrNO3/c24-17-23(20-14-8-3-9-15-20,28-21(26)19-12-6-2-7-13-19)22(27)25-16-18-10-4-1-5-11-18/h1-15H,16-17H2,(H,25,27). The van der Waals surface area contributed by atoms with Gasteiger partial charge in [0.2, 0.25) is 5.60 Å². The Hall–Kier alpha value is -2.92. The van der Waals surface area contributed by atoms with Crippen molar-refractivity contribution < 1.29 is 14.3 Å². The number of hydrogen-bond donors (Lipinski definition) is 1. The molecule has 0 heterocycles. The van der Waals surface area contributed by atoms with Crippen LogP contribution in [0.1, 0.15) is 21.5 Å². The lowest BCUT2D eigenvalue weighted by atomic mass is 9.94. The maximum absolute atomic E-state index is 13.2. The molecule has 0 bridgehead atoms. The van der Waals surface area contributed by atoms with E-state index < -0.39 is 11.6 Å². The number of alkyl halides is 1. The van der Waals surface area contributed by atoms with E-state index in [0.29, 0.717) is 17.7 Å². The highest BCUT2D eigenvalue weighted by Crippen LogP contribution is 2.30. The van der Waals surface area contributed by atoms with Crippen LogP contribution in [0.25, 0.3) is 0 Å². The predicted molar refractivity (Wildman–Crippen MR) is 112 cm³/mol. The summed E-state index contributed by atoms with van der Waals surface area (Å²) in [6.45, 7) is 0.337. The molecular weight excluding hydrogens is 418 g/mol. The van der Waals surface area contributed by atoms with Crippen LogP contribution >= 0.6 is 15.9 Å². The van der Waals surface area contributed by atoms with Gasteiger partial charge in [-0.05, 0) is 17.7 Å². The van der Waals surface area contributed by atoms with E-state index in [9.17, 15) is 9.59 Å². The van der Waals surface area contributed by atoms with Gasteiger partial charge in [0.25, 0.3) is 5.91 Å². The molecule has 1 amide bonds. The van der Waals surface area contributed by atoms with Crippen molar-refractivity contribution in [3.63, 3.8) is 0 Å². The summed E-state index contributed by atoms with van der Waals surface area (Å²) in [6, 6.07) is 27.3. The summed E-state index contributed by atoms with van der Waals surface area (Å²) in [7, 11) is 0. The van der Waals surface area contributed by atoms with Crippen molar-refractivity contribution in [1.82, 2.24) is 5.32 Å². The maximum Gasteiger partial charge on any atom is 0.339 e. The van der Waals surface area contributed by atoms with Crippen molar-refractivity contribution in [3.8, 4) is 0 Å². The van der Waals surface area contributed by atoms with Crippen LogP contribution in [0.15, 0.2) is 91.0 Å². The first-order valence-electron chi connectivity index (χ1n) is 8.88. The van der Waals surface area contributed by atoms with Gasteiger partial charge in [-0.3, -0.25) is 4.79 Å². The van der Waals surface area contributed by atoms with Crippen molar-refractivity contribution in [3.05, 3.63) is 108 Å². The van der Waals surface area contributed by atoms with Crippen LogP contribution in [0.4, 0.5) is 0 Å². The summed E-state index contributed by atoms with van der Waals surface area (Å²) in [6.07, 6.45) is 0. The monoisotopic (exact) mass is 437 g/mol. The number of hydrogen-bond acceptors (Lipinski definition) is 3. The van der Waals surface area contributed by atoms with Gasteiger partial charge in [0.05, 0.1) is 10.9 Å². The number of benzene rings is 3. The molecular formula is C23H20BrNO3. The number of nitrogens with one attached hydrogen (secondary N) is 1. The van der Waals surface area contributed by atoms with Crippen molar-refractivity contribution in [2.75, 3.05) is 5.33 Å². The molecule has 0 fully saturated rings. The Morgan fingerprint density at radius 2 is 1.36 bits per heavy atom. The van der Waals surface area contributed by atoms with Crippen LogP contribution in [0.5, 0.6) is 0 Å². The quantitative estimate of drug-likeness (QED) is 0.438. The summed E-state index contributed by atoms with van der Waals surface area (Å²) >= 11 is 3.40. The van der Waals surface area contributed by atoms with E-state index in [1.54, 1.807) is 36.4 Å². The van der Waals surface area contributed by atoms with E-state index in [1.807, 2.05) is 54.6 Å². The van der Waals surface area contributed by atoms with E-state index in [4.69, 9.17) is 4.74 Å². The van der Waals surface area contributed by atoms with Crippen molar-refractivity contribution in [1.29, 1.82) is 0 Å². The fourth-order valence-corrected chi connectivity index (χ4v) is 3.51. The number of amides is 1. The first-order chi connectivity index (χ1) is 13.7. The van der Waals surface area contributed by atoms with Gasteiger partial charge in [-0.2, -0.15) is 0 Å². The molecule has 0 radical (unpaired) electrons. The third-order valence-electron chi connectivity index (χ3n) is 4.37. The van der Waals surface area contributed by atoms with E-state index in [1.165, 1.54) is 0 Å². The molecule has 0 aliphatic rings. The highest BCUT2D eigenvalue weighted by molar-refractivity contribution is 9.09. The fraction of sp³-hybridized carbons (Fsp3) is 0.130. The second kappa shape index (κ2) is 9.33. The molecule has 5 heteroatoms. The highest BCUT2D eigenvalue weighted by Gasteiger charge is 2.43. The summed E-state index contributed by atoms with van der Waals surface area (Å²) in [5.74, 6) is -0.942. The van der Waals surface area contributed by atoms with Crippen molar-refractivity contribution >= 4 is 27.8 Å². The van der Waals surface area contributed by atoms with Crippen molar-refractivity contribution in [2.45, 2.75) is 12.1 Å². The van der Waals surface area contributed by atoms with Gasteiger partial charge >= 0.3 is 5.97 Å². The normalized spacial score (nSPS) is 12.6. The number of carbonyl (C=O) groups is 2. The van der Waals surface area contributed by atoms with Crippen LogP contribution in [-0.2, 0) is 21.7 Å². The Morgan fingerprint density at radius 3 is 1.93 bits per heavy atom. The average molecular weight is 438 g/mol. The smallest absolute Gasteiger partial charge is 0.339 e. The fourth-order valence-electron chi connectivity index (χ4n) is 2.82. The first kappa shape index (κ1) is 19.8. The van der Waals surface area contributed by atoms with E-state index >= 15 is 0 Å². The molecule has 0 saturated carbocycles. The van der Waals surface area contributed by atoms with Gasteiger partial charge in [-0.15, -0.1) is 0 Å². The number of halogens is 1. The SMILES string of the molecule is O=C(OC(CBr)(C(=O)NCc1ccccc1)c1ccccc1)c1ccccc1. The summed E-state index contributed by atoms with van der Waals surface area (Å²) in [4.78, 5) is 26.0. The lowest BCUT2D eigenvalue weighted by molar-refractivity contribution is -0.139. The minimum Gasteiger partial charge on any atom is -0.439 e. The van der Waals surface area contributed by atoms with Gasteiger partial charge in [-0.25, -0.2) is 4.79 Å². The van der Waals surface area contributed by atoms with Gasteiger partial charge in [-0.1, -0.05) is 94.8 Å². The topological polar surface area (TPSA) is 55.4 Å². The predicted octanol–water partition coefficient (Wildman–Crippen LogP) is 4.45. The zero-order chi connectivity index (χ0) is 19.8. The van der Waals surface area contributed by atoms with Crippen LogP contribution in [-0.4, -0.2) is 17.2 Å². The van der Waals surface area contributed by atoms with Crippen LogP contribution in [0.2, 0.25) is 0 Å². The zero-order valence-corrected chi connectivity index (χ0v) is 16.8. The van der Waals surface area contributed by atoms with Crippen LogP contribution in [0.3, 0.4) is 0 Å². The Balaban J connectivity index is 1.89. The Morgan fingerprint density at radius 1 is 0.821 bits per heavy atom. The minimum atomic E-state index is -1.48. The average Bonchev–Trinajstić information content (AvgIpc) is 2.77. The Kier molecular flexibility index (Phi) is 6.61. The second-order valence-corrected chi connectivity index (χ2v) is 6.81. The van der Waals surface area contributed by atoms with Crippen molar-refractivity contribution in [2.24, 2.45) is 0 Å². The number of carbonyl (C=O) groups excluding carboxylic acids is 2. The number of esters is 1. The molecule has 4 nitrogen and oxygen atoms in total. The first-order valence-corrected chi connectivity index (χ1v) is 10.00. The summed E-state index contributed by atoms with van der Waals surface area (Å²) in [5, 5.41) is 3.03. The molecule has 0 aliphatic carbocycles. The molecule has 0 saturated heterocycles. The molecule has 3 rings (SSSR count). The van der Waals surface area contributed by atoms with E-state index in [-0.39, 0.29) is 11.2 Å². The molecule has 28 heavy (non-hydrogen) atoms. The van der Waals surface area contributed by atoms with Gasteiger partial charge in [0.1, 0.15) is 0 Å². The maximum atomic E-state index is 13.2. The molecule has 1 unspecified atom stereocenters. The molecule has 142 valence electrons. The largest absolute Gasteiger partial charge is 0.439 e.